The zero-order chi connectivity index (χ0) is 14.4. The molecule has 0 unspecified atom stereocenters. The Morgan fingerprint density at radius 1 is 1.33 bits per heavy atom. The Morgan fingerprint density at radius 2 is 2.05 bits per heavy atom. The molecule has 0 aromatic heterocycles. The van der Waals surface area contributed by atoms with Crippen LogP contribution in [0.5, 0.6) is 5.75 Å². The van der Waals surface area contributed by atoms with E-state index in [1.807, 2.05) is 19.1 Å². The van der Waals surface area contributed by atoms with E-state index in [0.29, 0.717) is 19.1 Å². The lowest BCUT2D eigenvalue weighted by Crippen LogP contribution is -2.43. The van der Waals surface area contributed by atoms with Crippen LogP contribution in [-0.4, -0.2) is 31.6 Å². The predicted octanol–water partition coefficient (Wildman–Crippen LogP) is 2.36. The average Bonchev–Trinajstić information content (AvgIpc) is 2.42. The van der Waals surface area contributed by atoms with Crippen LogP contribution < -0.4 is 15.4 Å². The third-order valence-electron chi connectivity index (χ3n) is 3.62. The van der Waals surface area contributed by atoms with Gasteiger partial charge in [0.15, 0.2) is 0 Å². The molecule has 0 spiro atoms. The summed E-state index contributed by atoms with van der Waals surface area (Å²) >= 11 is 0. The van der Waals surface area contributed by atoms with Crippen LogP contribution >= 0.6 is 12.4 Å². The van der Waals surface area contributed by atoms with Crippen LogP contribution in [0.1, 0.15) is 30.4 Å². The number of rotatable bonds is 5. The Labute approximate surface area is 133 Å². The molecule has 1 amide bonds. The Balaban J connectivity index is 0.00000220. The molecule has 1 fully saturated rings. The summed E-state index contributed by atoms with van der Waals surface area (Å²) in [6.45, 7) is 6.50. The Bertz CT molecular complexity index is 460. The van der Waals surface area contributed by atoms with Gasteiger partial charge in [0.05, 0.1) is 13.0 Å². The van der Waals surface area contributed by atoms with Crippen LogP contribution in [0.4, 0.5) is 0 Å². The summed E-state index contributed by atoms with van der Waals surface area (Å²) in [5.41, 5.74) is 2.34. The molecule has 0 aliphatic carbocycles. The number of hydrogen-bond acceptors (Lipinski definition) is 3. The van der Waals surface area contributed by atoms with Crippen LogP contribution in [0.2, 0.25) is 0 Å². The van der Waals surface area contributed by atoms with Crippen LogP contribution in [-0.2, 0) is 4.79 Å². The Kier molecular flexibility index (Phi) is 7.54. The third-order valence-corrected chi connectivity index (χ3v) is 3.62. The number of halogens is 1. The van der Waals surface area contributed by atoms with E-state index in [4.69, 9.17) is 4.74 Å². The van der Waals surface area contributed by atoms with Gasteiger partial charge >= 0.3 is 0 Å². The fourth-order valence-corrected chi connectivity index (χ4v) is 2.48. The van der Waals surface area contributed by atoms with Crippen molar-refractivity contribution in [3.63, 3.8) is 0 Å². The second kappa shape index (κ2) is 8.90. The highest BCUT2D eigenvalue weighted by molar-refractivity contribution is 5.85. The van der Waals surface area contributed by atoms with Gasteiger partial charge in [0.25, 0.3) is 0 Å². The minimum absolute atomic E-state index is 0. The molecule has 0 bridgehead atoms. The molecule has 1 aliphatic heterocycles. The number of hydrogen-bond donors (Lipinski definition) is 2. The first-order valence-corrected chi connectivity index (χ1v) is 7.35. The second-order valence-corrected chi connectivity index (χ2v) is 5.46. The second-order valence-electron chi connectivity index (χ2n) is 5.46. The molecule has 21 heavy (non-hydrogen) atoms. The lowest BCUT2D eigenvalue weighted by molar-refractivity contribution is -0.122. The van der Waals surface area contributed by atoms with Crippen molar-refractivity contribution in [3.8, 4) is 5.75 Å². The van der Waals surface area contributed by atoms with Gasteiger partial charge in [-0.1, -0.05) is 17.7 Å². The number of benzene rings is 1. The average molecular weight is 313 g/mol. The molecule has 4 nitrogen and oxygen atoms in total. The van der Waals surface area contributed by atoms with Crippen molar-refractivity contribution in [2.75, 3.05) is 19.7 Å². The first-order valence-electron chi connectivity index (χ1n) is 7.35. The fourth-order valence-electron chi connectivity index (χ4n) is 2.48. The molecule has 1 aromatic rings. The molecule has 0 atom stereocenters. The first-order chi connectivity index (χ1) is 9.65. The molecule has 1 heterocycles. The largest absolute Gasteiger partial charge is 0.493 e. The summed E-state index contributed by atoms with van der Waals surface area (Å²) in [7, 11) is 0. The van der Waals surface area contributed by atoms with E-state index in [0.717, 1.165) is 37.2 Å². The Hall–Kier alpha value is -1.26. The quantitative estimate of drug-likeness (QED) is 0.877. The molecule has 2 N–H and O–H groups in total. The van der Waals surface area contributed by atoms with Crippen molar-refractivity contribution in [2.45, 2.75) is 39.2 Å². The van der Waals surface area contributed by atoms with Gasteiger partial charge in [0, 0.05) is 6.04 Å². The minimum atomic E-state index is 0. The number of aryl methyl sites for hydroxylation is 2. The van der Waals surface area contributed by atoms with Crippen LogP contribution in [0, 0.1) is 13.8 Å². The van der Waals surface area contributed by atoms with Crippen LogP contribution in [0.15, 0.2) is 18.2 Å². The van der Waals surface area contributed by atoms with E-state index < -0.39 is 0 Å². The number of ether oxygens (including phenoxy) is 1. The Morgan fingerprint density at radius 3 is 2.71 bits per heavy atom. The van der Waals surface area contributed by atoms with E-state index in [-0.39, 0.29) is 18.3 Å². The van der Waals surface area contributed by atoms with Crippen molar-refractivity contribution in [2.24, 2.45) is 0 Å². The van der Waals surface area contributed by atoms with Crippen molar-refractivity contribution >= 4 is 18.3 Å². The van der Waals surface area contributed by atoms with E-state index in [1.54, 1.807) is 0 Å². The van der Waals surface area contributed by atoms with Gasteiger partial charge in [-0.15, -0.1) is 12.4 Å². The molecular formula is C16H25ClN2O2. The van der Waals surface area contributed by atoms with E-state index in [1.165, 1.54) is 5.56 Å². The molecule has 118 valence electrons. The molecule has 1 saturated heterocycles. The van der Waals surface area contributed by atoms with Crippen LogP contribution in [0.25, 0.3) is 0 Å². The van der Waals surface area contributed by atoms with Gasteiger partial charge < -0.3 is 15.4 Å². The van der Waals surface area contributed by atoms with Crippen molar-refractivity contribution in [1.82, 2.24) is 10.6 Å². The monoisotopic (exact) mass is 312 g/mol. The smallest absolute Gasteiger partial charge is 0.223 e. The number of nitrogens with one attached hydrogen (secondary N) is 2. The van der Waals surface area contributed by atoms with Gasteiger partial charge in [-0.25, -0.2) is 0 Å². The van der Waals surface area contributed by atoms with Crippen LogP contribution in [0.3, 0.4) is 0 Å². The SMILES string of the molecule is Cc1ccc(OCCC(=O)NC2CCNCC2)c(C)c1.Cl. The van der Waals surface area contributed by atoms with E-state index in [2.05, 4.69) is 23.6 Å². The number of carbonyl (C=O) groups excluding carboxylic acids is 1. The maximum Gasteiger partial charge on any atom is 0.223 e. The van der Waals surface area contributed by atoms with Crippen molar-refractivity contribution < 1.29 is 9.53 Å². The highest BCUT2D eigenvalue weighted by Crippen LogP contribution is 2.18. The summed E-state index contributed by atoms with van der Waals surface area (Å²) in [4.78, 5) is 11.8. The molecule has 0 saturated carbocycles. The maximum atomic E-state index is 11.8. The summed E-state index contributed by atoms with van der Waals surface area (Å²) in [6.07, 6.45) is 2.45. The van der Waals surface area contributed by atoms with Crippen molar-refractivity contribution in [3.05, 3.63) is 29.3 Å². The number of carbonyl (C=O) groups is 1. The minimum Gasteiger partial charge on any atom is -0.493 e. The lowest BCUT2D eigenvalue weighted by atomic mass is 10.1. The van der Waals surface area contributed by atoms with Gasteiger partial charge in [-0.2, -0.15) is 0 Å². The zero-order valence-corrected chi connectivity index (χ0v) is 13.6. The number of piperidine rings is 1. The predicted molar refractivity (Wildman–Crippen MR) is 87.3 cm³/mol. The summed E-state index contributed by atoms with van der Waals surface area (Å²) < 4.78 is 5.68. The van der Waals surface area contributed by atoms with Crippen molar-refractivity contribution in [1.29, 1.82) is 0 Å². The molecule has 1 aliphatic rings. The highest BCUT2D eigenvalue weighted by Gasteiger charge is 2.15. The lowest BCUT2D eigenvalue weighted by Gasteiger charge is -2.23. The maximum absolute atomic E-state index is 11.8. The summed E-state index contributed by atoms with van der Waals surface area (Å²) in [5.74, 6) is 0.951. The topological polar surface area (TPSA) is 50.4 Å². The van der Waals surface area contributed by atoms with Gasteiger partial charge in [-0.3, -0.25) is 4.79 Å². The third kappa shape index (κ3) is 5.94. The molecule has 2 rings (SSSR count). The normalized spacial score (nSPS) is 15.1. The van der Waals surface area contributed by atoms with Gasteiger partial charge in [0.1, 0.15) is 5.75 Å². The fraction of sp³-hybridized carbons (Fsp3) is 0.562. The summed E-state index contributed by atoms with van der Waals surface area (Å²) in [6, 6.07) is 6.40. The molecule has 5 heteroatoms. The van der Waals surface area contributed by atoms with Gasteiger partial charge in [-0.05, 0) is 51.4 Å². The molecule has 1 aromatic carbocycles. The van der Waals surface area contributed by atoms with Gasteiger partial charge in [0.2, 0.25) is 5.91 Å². The standard InChI is InChI=1S/C16H24N2O2.ClH/c1-12-3-4-15(13(2)11-12)20-10-7-16(19)18-14-5-8-17-9-6-14;/h3-4,11,14,17H,5-10H2,1-2H3,(H,18,19);1H. The highest BCUT2D eigenvalue weighted by atomic mass is 35.5. The molecular weight excluding hydrogens is 288 g/mol. The summed E-state index contributed by atoms with van der Waals surface area (Å²) in [5, 5.41) is 6.36. The zero-order valence-electron chi connectivity index (χ0n) is 12.8. The number of amides is 1. The van der Waals surface area contributed by atoms with E-state index >= 15 is 0 Å². The first kappa shape index (κ1) is 17.8. The van der Waals surface area contributed by atoms with E-state index in [9.17, 15) is 4.79 Å². The molecule has 0 radical (unpaired) electrons.